The van der Waals surface area contributed by atoms with Gasteiger partial charge in [0.15, 0.2) is 0 Å². The molecule has 6 heteroatoms. The number of alkyl halides is 4. The Balaban J connectivity index is 3.17. The lowest BCUT2D eigenvalue weighted by molar-refractivity contribution is -0.137. The quantitative estimate of drug-likeness (QED) is 0.393. The second kappa shape index (κ2) is 4.73. The highest BCUT2D eigenvalue weighted by atomic mass is 35.5. The van der Waals surface area contributed by atoms with E-state index in [0.717, 1.165) is 12.3 Å². The molecule has 0 aliphatic rings. The molecule has 0 bridgehead atoms. The summed E-state index contributed by atoms with van der Waals surface area (Å²) in [5, 5.41) is -0.584. The van der Waals surface area contributed by atoms with Crippen molar-refractivity contribution in [1.82, 2.24) is 4.98 Å². The van der Waals surface area contributed by atoms with Crippen molar-refractivity contribution in [1.29, 1.82) is 0 Å². The molecule has 0 N–H and O–H groups in total. The van der Waals surface area contributed by atoms with Crippen molar-refractivity contribution in [2.45, 2.75) is 6.18 Å². The summed E-state index contributed by atoms with van der Waals surface area (Å²) in [6, 6.07) is 0.842. The number of aromatic nitrogens is 1. The molecule has 1 nitrogen and oxygen atoms in total. The molecule has 1 aromatic rings. The van der Waals surface area contributed by atoms with Crippen LogP contribution in [-0.2, 0) is 6.18 Å². The fourth-order valence-electron chi connectivity index (χ4n) is 0.851. The van der Waals surface area contributed by atoms with Crippen LogP contribution in [0.4, 0.5) is 13.2 Å². The summed E-state index contributed by atoms with van der Waals surface area (Å²) in [5.74, 6) is 4.90. The van der Waals surface area contributed by atoms with Crippen LogP contribution in [0.2, 0.25) is 5.15 Å². The molecule has 0 amide bonds. The van der Waals surface area contributed by atoms with E-state index >= 15 is 0 Å². The normalized spacial score (nSPS) is 10.7. The van der Waals surface area contributed by atoms with Crippen LogP contribution in [0.15, 0.2) is 12.3 Å². The van der Waals surface area contributed by atoms with Crippen molar-refractivity contribution in [3.63, 3.8) is 0 Å². The third-order valence-electron chi connectivity index (χ3n) is 1.44. The van der Waals surface area contributed by atoms with E-state index in [1.807, 2.05) is 0 Å². The molecule has 0 atom stereocenters. The fraction of sp³-hybridized carbons (Fsp3) is 0.222. The highest BCUT2D eigenvalue weighted by molar-refractivity contribution is 6.30. The van der Waals surface area contributed by atoms with E-state index in [9.17, 15) is 13.2 Å². The lowest BCUT2D eigenvalue weighted by Crippen LogP contribution is -2.07. The van der Waals surface area contributed by atoms with Crippen LogP contribution in [0.5, 0.6) is 0 Å². The van der Waals surface area contributed by atoms with Crippen LogP contribution in [0, 0.1) is 11.8 Å². The average Bonchev–Trinajstić information content (AvgIpc) is 2.15. The van der Waals surface area contributed by atoms with Crippen LogP contribution in [0.25, 0.3) is 0 Å². The number of halogens is 5. The molecule has 1 aromatic heterocycles. The molecule has 0 spiro atoms. The molecule has 0 aromatic carbocycles. The lowest BCUT2D eigenvalue weighted by Gasteiger charge is -2.07. The van der Waals surface area contributed by atoms with Crippen LogP contribution in [0.3, 0.4) is 0 Å². The maximum Gasteiger partial charge on any atom is 0.419 e. The first kappa shape index (κ1) is 12.2. The summed E-state index contributed by atoms with van der Waals surface area (Å²) in [4.78, 5) is 3.40. The number of hydrogen-bond donors (Lipinski definition) is 0. The maximum absolute atomic E-state index is 12.4. The molecule has 0 fully saturated rings. The Morgan fingerprint density at radius 1 is 1.40 bits per heavy atom. The van der Waals surface area contributed by atoms with Crippen LogP contribution in [-0.4, -0.2) is 10.9 Å². The van der Waals surface area contributed by atoms with Gasteiger partial charge in [-0.2, -0.15) is 13.2 Å². The monoisotopic (exact) mass is 253 g/mol. The van der Waals surface area contributed by atoms with E-state index < -0.39 is 16.9 Å². The number of rotatable bonds is 0. The summed E-state index contributed by atoms with van der Waals surface area (Å²) in [7, 11) is 0. The van der Waals surface area contributed by atoms with Gasteiger partial charge in [0.05, 0.1) is 11.4 Å². The van der Waals surface area contributed by atoms with Gasteiger partial charge in [0.1, 0.15) is 5.15 Å². The minimum absolute atomic E-state index is 0.0456. The molecule has 0 unspecified atom stereocenters. The summed E-state index contributed by atoms with van der Waals surface area (Å²) in [6.07, 6.45) is -3.36. The van der Waals surface area contributed by atoms with Gasteiger partial charge < -0.3 is 0 Å². The van der Waals surface area contributed by atoms with Gasteiger partial charge in [0.25, 0.3) is 0 Å². The second-order valence-electron chi connectivity index (χ2n) is 2.50. The molecular formula is C9H4Cl2F3N. The van der Waals surface area contributed by atoms with E-state index in [2.05, 4.69) is 16.8 Å². The van der Waals surface area contributed by atoms with Gasteiger partial charge >= 0.3 is 6.18 Å². The molecule has 80 valence electrons. The third kappa shape index (κ3) is 3.29. The van der Waals surface area contributed by atoms with E-state index in [1.54, 1.807) is 0 Å². The molecule has 15 heavy (non-hydrogen) atoms. The number of pyridine rings is 1. The molecule has 1 heterocycles. The Morgan fingerprint density at radius 2 is 2.07 bits per heavy atom. The van der Waals surface area contributed by atoms with Gasteiger partial charge in [-0.1, -0.05) is 23.4 Å². The Hall–Kier alpha value is -0.920. The van der Waals surface area contributed by atoms with Gasteiger partial charge in [-0.05, 0) is 6.07 Å². The Bertz CT molecular complexity index is 418. The second-order valence-corrected chi connectivity index (χ2v) is 3.12. The van der Waals surface area contributed by atoms with E-state index in [0.29, 0.717) is 0 Å². The first-order chi connectivity index (χ1) is 6.95. The smallest absolute Gasteiger partial charge is 0.243 e. The summed E-state index contributed by atoms with van der Waals surface area (Å²) >= 11 is 10.6. The van der Waals surface area contributed by atoms with Crippen molar-refractivity contribution >= 4 is 23.2 Å². The molecule has 0 aliphatic carbocycles. The predicted octanol–water partition coefficient (Wildman–Crippen LogP) is 3.34. The minimum Gasteiger partial charge on any atom is -0.243 e. The van der Waals surface area contributed by atoms with Crippen molar-refractivity contribution < 1.29 is 13.2 Å². The highest BCUT2D eigenvalue weighted by Gasteiger charge is 2.34. The molecule has 1 rings (SSSR count). The van der Waals surface area contributed by atoms with E-state index in [1.165, 1.54) is 0 Å². The first-order valence-corrected chi connectivity index (χ1v) is 4.64. The van der Waals surface area contributed by atoms with Crippen molar-refractivity contribution in [3.8, 4) is 11.8 Å². The van der Waals surface area contributed by atoms with Gasteiger partial charge in [0.2, 0.25) is 0 Å². The van der Waals surface area contributed by atoms with Gasteiger partial charge in [-0.25, -0.2) is 4.98 Å². The minimum atomic E-state index is -4.53. The van der Waals surface area contributed by atoms with Crippen LogP contribution in [0.1, 0.15) is 11.1 Å². The molecule has 0 aliphatic heterocycles. The zero-order valence-corrected chi connectivity index (χ0v) is 8.71. The number of hydrogen-bond acceptors (Lipinski definition) is 1. The summed E-state index contributed by atoms with van der Waals surface area (Å²) in [6.45, 7) is 0. The fourth-order valence-corrected chi connectivity index (χ4v) is 1.13. The van der Waals surface area contributed by atoms with E-state index in [-0.39, 0.29) is 11.4 Å². The van der Waals surface area contributed by atoms with Gasteiger partial charge in [-0.3, -0.25) is 0 Å². The van der Waals surface area contributed by atoms with Gasteiger partial charge in [-0.15, -0.1) is 11.6 Å². The SMILES string of the molecule is FC(F)(F)c1cc(C#CCCl)cnc1Cl. The van der Waals surface area contributed by atoms with Crippen molar-refractivity contribution in [3.05, 3.63) is 28.5 Å². The zero-order chi connectivity index (χ0) is 11.5. The molecular weight excluding hydrogens is 250 g/mol. The molecule has 0 saturated heterocycles. The lowest BCUT2D eigenvalue weighted by atomic mass is 10.2. The third-order valence-corrected chi connectivity index (χ3v) is 1.88. The maximum atomic E-state index is 12.4. The van der Waals surface area contributed by atoms with Crippen LogP contribution >= 0.6 is 23.2 Å². The Morgan fingerprint density at radius 3 is 2.60 bits per heavy atom. The molecule has 0 radical (unpaired) electrons. The number of nitrogens with zero attached hydrogens (tertiary/aromatic N) is 1. The van der Waals surface area contributed by atoms with E-state index in [4.69, 9.17) is 23.2 Å². The van der Waals surface area contributed by atoms with Crippen LogP contribution < -0.4 is 0 Å². The predicted molar refractivity (Wildman–Crippen MR) is 51.8 cm³/mol. The summed E-state index contributed by atoms with van der Waals surface area (Å²) in [5.41, 5.74) is -0.863. The topological polar surface area (TPSA) is 12.9 Å². The zero-order valence-electron chi connectivity index (χ0n) is 7.20. The molecule has 0 saturated carbocycles. The highest BCUT2D eigenvalue weighted by Crippen LogP contribution is 2.33. The average molecular weight is 254 g/mol. The largest absolute Gasteiger partial charge is 0.419 e. The van der Waals surface area contributed by atoms with Gasteiger partial charge in [0, 0.05) is 11.8 Å². The first-order valence-electron chi connectivity index (χ1n) is 3.72. The Labute approximate surface area is 94.2 Å². The Kier molecular flexibility index (Phi) is 3.83. The summed E-state index contributed by atoms with van der Waals surface area (Å²) < 4.78 is 37.1. The standard InChI is InChI=1S/C9H4Cl2F3N/c10-3-1-2-6-4-7(9(12,13)14)8(11)15-5-6/h4-5H,3H2. The van der Waals surface area contributed by atoms with Crippen molar-refractivity contribution in [2.24, 2.45) is 0 Å². The van der Waals surface area contributed by atoms with Crippen molar-refractivity contribution in [2.75, 3.05) is 5.88 Å².